The molecule has 1 aliphatic carbocycles. The third-order valence-corrected chi connectivity index (χ3v) is 4.78. The van der Waals surface area contributed by atoms with Gasteiger partial charge < -0.3 is 15.2 Å². The van der Waals surface area contributed by atoms with Crippen molar-refractivity contribution in [3.63, 3.8) is 0 Å². The van der Waals surface area contributed by atoms with E-state index in [0.29, 0.717) is 12.4 Å². The number of hydrogen-bond donors (Lipinski definition) is 2. The summed E-state index contributed by atoms with van der Waals surface area (Å²) >= 11 is 1.50. The molecule has 0 spiro atoms. The molecule has 21 heavy (non-hydrogen) atoms. The highest BCUT2D eigenvalue weighted by Crippen LogP contribution is 2.29. The van der Waals surface area contributed by atoms with E-state index >= 15 is 0 Å². The quantitative estimate of drug-likeness (QED) is 0.760. The van der Waals surface area contributed by atoms with Crippen LogP contribution in [-0.2, 0) is 4.79 Å². The minimum atomic E-state index is -0.379. The summed E-state index contributed by atoms with van der Waals surface area (Å²) in [5, 5.41) is 12.5. The first-order chi connectivity index (χ1) is 10.2. The number of nitrogens with one attached hydrogen (secondary N) is 1. The maximum Gasteiger partial charge on any atom is 0.230 e. The molecular formula is C16H23NO3S. The number of amides is 1. The molecule has 0 bridgehead atoms. The Labute approximate surface area is 130 Å². The first kappa shape index (κ1) is 16.2. The van der Waals surface area contributed by atoms with Gasteiger partial charge in [-0.1, -0.05) is 12.8 Å². The molecule has 0 unspecified atom stereocenters. The van der Waals surface area contributed by atoms with E-state index in [1.807, 2.05) is 31.2 Å². The lowest BCUT2D eigenvalue weighted by Gasteiger charge is -2.27. The number of aliphatic hydroxyl groups is 1. The number of hydrogen-bond acceptors (Lipinski definition) is 4. The van der Waals surface area contributed by atoms with Crippen LogP contribution in [-0.4, -0.2) is 35.5 Å². The van der Waals surface area contributed by atoms with Crippen molar-refractivity contribution in [2.75, 3.05) is 19.0 Å². The van der Waals surface area contributed by atoms with Crippen molar-refractivity contribution in [3.05, 3.63) is 24.3 Å². The second-order valence-electron chi connectivity index (χ2n) is 5.39. The summed E-state index contributed by atoms with van der Waals surface area (Å²) in [5.74, 6) is 1.21. The fraction of sp³-hybridized carbons (Fsp3) is 0.562. The topological polar surface area (TPSA) is 58.6 Å². The Morgan fingerprint density at radius 1 is 1.33 bits per heavy atom. The lowest BCUT2D eigenvalue weighted by Crippen LogP contribution is -2.49. The van der Waals surface area contributed by atoms with Crippen LogP contribution in [0.25, 0.3) is 0 Å². The van der Waals surface area contributed by atoms with Crippen LogP contribution < -0.4 is 10.1 Å². The Hall–Kier alpha value is -1.20. The molecule has 0 heterocycles. The molecule has 1 aliphatic rings. The highest BCUT2D eigenvalue weighted by Gasteiger charge is 2.34. The van der Waals surface area contributed by atoms with Gasteiger partial charge in [-0.3, -0.25) is 4.79 Å². The Balaban J connectivity index is 1.80. The third kappa shape index (κ3) is 4.64. The highest BCUT2D eigenvalue weighted by atomic mass is 32.2. The second kappa shape index (κ2) is 7.71. The number of thioether (sulfide) groups is 1. The number of benzene rings is 1. The monoisotopic (exact) mass is 309 g/mol. The van der Waals surface area contributed by atoms with E-state index in [0.717, 1.165) is 36.3 Å². The van der Waals surface area contributed by atoms with Crippen molar-refractivity contribution in [2.24, 2.45) is 0 Å². The smallest absolute Gasteiger partial charge is 0.230 e. The summed E-state index contributed by atoms with van der Waals surface area (Å²) in [6, 6.07) is 7.74. The molecule has 1 fully saturated rings. The van der Waals surface area contributed by atoms with Crippen LogP contribution in [0.1, 0.15) is 32.6 Å². The van der Waals surface area contributed by atoms with Crippen molar-refractivity contribution in [1.29, 1.82) is 0 Å². The molecule has 116 valence electrons. The fourth-order valence-corrected chi connectivity index (χ4v) is 3.35. The summed E-state index contributed by atoms with van der Waals surface area (Å²) < 4.78 is 5.39. The van der Waals surface area contributed by atoms with Gasteiger partial charge in [-0.05, 0) is 44.0 Å². The minimum absolute atomic E-state index is 0.00941. The van der Waals surface area contributed by atoms with E-state index < -0.39 is 0 Å². The van der Waals surface area contributed by atoms with Gasteiger partial charge in [0.15, 0.2) is 0 Å². The molecule has 1 saturated carbocycles. The number of aliphatic hydroxyl groups excluding tert-OH is 1. The average Bonchev–Trinajstić information content (AvgIpc) is 2.96. The fourth-order valence-electron chi connectivity index (χ4n) is 2.65. The van der Waals surface area contributed by atoms with Crippen molar-refractivity contribution in [3.8, 4) is 5.75 Å². The van der Waals surface area contributed by atoms with Crippen molar-refractivity contribution in [1.82, 2.24) is 5.32 Å². The lowest BCUT2D eigenvalue weighted by molar-refractivity contribution is -0.121. The number of ether oxygens (including phenoxy) is 1. The van der Waals surface area contributed by atoms with Gasteiger partial charge in [0.25, 0.3) is 0 Å². The van der Waals surface area contributed by atoms with Crippen molar-refractivity contribution < 1.29 is 14.6 Å². The van der Waals surface area contributed by atoms with Gasteiger partial charge in [0, 0.05) is 4.90 Å². The highest BCUT2D eigenvalue weighted by molar-refractivity contribution is 8.00. The molecule has 5 heteroatoms. The zero-order chi connectivity index (χ0) is 15.1. The minimum Gasteiger partial charge on any atom is -0.494 e. The van der Waals surface area contributed by atoms with Crippen LogP contribution in [0, 0.1) is 0 Å². The zero-order valence-corrected chi connectivity index (χ0v) is 13.2. The molecule has 1 aromatic rings. The van der Waals surface area contributed by atoms with Gasteiger partial charge in [0.05, 0.1) is 24.5 Å². The number of rotatable bonds is 7. The second-order valence-corrected chi connectivity index (χ2v) is 6.44. The molecule has 1 amide bonds. The van der Waals surface area contributed by atoms with Gasteiger partial charge in [-0.15, -0.1) is 11.8 Å². The van der Waals surface area contributed by atoms with Crippen LogP contribution in [0.4, 0.5) is 0 Å². The van der Waals surface area contributed by atoms with Crippen LogP contribution in [0.3, 0.4) is 0 Å². The third-order valence-electron chi connectivity index (χ3n) is 3.77. The first-order valence-corrected chi connectivity index (χ1v) is 8.43. The van der Waals surface area contributed by atoms with Gasteiger partial charge in [0.2, 0.25) is 5.91 Å². The normalized spacial score (nSPS) is 16.7. The molecule has 2 N–H and O–H groups in total. The summed E-state index contributed by atoms with van der Waals surface area (Å²) in [5.41, 5.74) is -0.379. The van der Waals surface area contributed by atoms with Crippen LogP contribution >= 0.6 is 11.8 Å². The van der Waals surface area contributed by atoms with E-state index in [9.17, 15) is 9.90 Å². The van der Waals surface area contributed by atoms with Crippen molar-refractivity contribution >= 4 is 17.7 Å². The predicted octanol–water partition coefficient (Wildman–Crippen LogP) is 2.60. The summed E-state index contributed by atoms with van der Waals surface area (Å²) in [6.07, 6.45) is 3.91. The maximum absolute atomic E-state index is 12.0. The molecule has 4 nitrogen and oxygen atoms in total. The molecule has 1 aromatic carbocycles. The van der Waals surface area contributed by atoms with E-state index in [1.54, 1.807) is 0 Å². The predicted molar refractivity (Wildman–Crippen MR) is 84.8 cm³/mol. The van der Waals surface area contributed by atoms with Crippen LogP contribution in [0.2, 0.25) is 0 Å². The molecule has 0 aromatic heterocycles. The van der Waals surface area contributed by atoms with Crippen LogP contribution in [0.5, 0.6) is 5.75 Å². The number of carbonyl (C=O) groups is 1. The molecule has 2 rings (SSSR count). The first-order valence-electron chi connectivity index (χ1n) is 7.45. The van der Waals surface area contributed by atoms with E-state index in [2.05, 4.69) is 5.32 Å². The maximum atomic E-state index is 12.0. The standard InChI is InChI=1S/C16H23NO3S/c1-2-20-13-5-7-14(8-6-13)21-11-15(19)17-16(12-18)9-3-4-10-16/h5-8,18H,2-4,9-12H2,1H3,(H,17,19). The molecule has 0 saturated heterocycles. The number of carbonyl (C=O) groups excluding carboxylic acids is 1. The molecular weight excluding hydrogens is 286 g/mol. The summed E-state index contributed by atoms with van der Waals surface area (Å²) in [4.78, 5) is 13.1. The average molecular weight is 309 g/mol. The Morgan fingerprint density at radius 2 is 2.00 bits per heavy atom. The Morgan fingerprint density at radius 3 is 2.57 bits per heavy atom. The summed E-state index contributed by atoms with van der Waals surface area (Å²) in [6.45, 7) is 2.64. The van der Waals surface area contributed by atoms with Gasteiger partial charge in [0.1, 0.15) is 5.75 Å². The van der Waals surface area contributed by atoms with Crippen LogP contribution in [0.15, 0.2) is 29.2 Å². The lowest BCUT2D eigenvalue weighted by atomic mass is 9.99. The van der Waals surface area contributed by atoms with E-state index in [4.69, 9.17) is 4.74 Å². The largest absolute Gasteiger partial charge is 0.494 e. The Kier molecular flexibility index (Phi) is 5.94. The summed E-state index contributed by atoms with van der Waals surface area (Å²) in [7, 11) is 0. The zero-order valence-electron chi connectivity index (χ0n) is 12.4. The van der Waals surface area contributed by atoms with Gasteiger partial charge >= 0.3 is 0 Å². The Bertz CT molecular complexity index is 455. The molecule has 0 atom stereocenters. The van der Waals surface area contributed by atoms with Crippen molar-refractivity contribution in [2.45, 2.75) is 43.0 Å². The van der Waals surface area contributed by atoms with E-state index in [-0.39, 0.29) is 18.1 Å². The molecule has 0 radical (unpaired) electrons. The van der Waals surface area contributed by atoms with E-state index in [1.165, 1.54) is 11.8 Å². The SMILES string of the molecule is CCOc1ccc(SCC(=O)NC2(CO)CCCC2)cc1. The van der Waals surface area contributed by atoms with Gasteiger partial charge in [-0.25, -0.2) is 0 Å². The molecule has 0 aliphatic heterocycles. The van der Waals surface area contributed by atoms with Gasteiger partial charge in [-0.2, -0.15) is 0 Å².